The molecule has 3 heterocycles. The number of nitrogens with one attached hydrogen (secondary N) is 1. The molecule has 4 heteroatoms. The largest absolute Gasteiger partial charge is 0.359 e. The van der Waals surface area contributed by atoms with Crippen LogP contribution in [-0.4, -0.2) is 46.4 Å². The molecule has 166 valence electrons. The van der Waals surface area contributed by atoms with Gasteiger partial charge < -0.3 is 9.64 Å². The molecule has 4 nitrogen and oxygen atoms in total. The number of benzene rings is 1. The summed E-state index contributed by atoms with van der Waals surface area (Å²) in [6.07, 6.45) is 17.7. The molecule has 2 spiro atoms. The number of hydrogen-bond acceptors (Lipinski definition) is 3. The van der Waals surface area contributed by atoms with Crippen LogP contribution in [0.2, 0.25) is 0 Å². The summed E-state index contributed by atoms with van der Waals surface area (Å²) < 4.78 is 7.37. The van der Waals surface area contributed by atoms with Gasteiger partial charge in [-0.05, 0) is 87.4 Å². The molecule has 1 aromatic carbocycles. The second-order valence-corrected chi connectivity index (χ2v) is 11.4. The van der Waals surface area contributed by atoms with Gasteiger partial charge in [-0.15, -0.1) is 0 Å². The van der Waals surface area contributed by atoms with Crippen molar-refractivity contribution in [1.29, 1.82) is 0 Å². The van der Waals surface area contributed by atoms with Crippen molar-refractivity contribution >= 4 is 16.5 Å². The second-order valence-electron chi connectivity index (χ2n) is 11.4. The highest BCUT2D eigenvalue weighted by molar-refractivity contribution is 5.84. The Hall–Kier alpha value is -2.17. The maximum absolute atomic E-state index is 7.37. The third kappa shape index (κ3) is 2.32. The summed E-state index contributed by atoms with van der Waals surface area (Å²) in [5.41, 5.74) is 7.01. The zero-order valence-electron chi connectivity index (χ0n) is 19.4. The fraction of sp³-hybridized carbons (Fsp3) is 0.536. The maximum atomic E-state index is 7.37. The van der Waals surface area contributed by atoms with Crippen molar-refractivity contribution in [3.63, 3.8) is 0 Å². The summed E-state index contributed by atoms with van der Waals surface area (Å²) in [6, 6.07) is 7.40. The Kier molecular flexibility index (Phi) is 3.76. The predicted molar refractivity (Wildman–Crippen MR) is 128 cm³/mol. The summed E-state index contributed by atoms with van der Waals surface area (Å²) in [6.45, 7) is 2.49. The van der Waals surface area contributed by atoms with E-state index in [4.69, 9.17) is 4.74 Å². The number of fused-ring (bicyclic) bond motifs is 2. The van der Waals surface area contributed by atoms with Crippen molar-refractivity contribution in [3.05, 3.63) is 59.3 Å². The van der Waals surface area contributed by atoms with E-state index in [9.17, 15) is 0 Å². The van der Waals surface area contributed by atoms with E-state index in [0.717, 1.165) is 24.8 Å². The molecule has 5 aliphatic rings. The molecule has 5 atom stereocenters. The van der Waals surface area contributed by atoms with Gasteiger partial charge in [-0.2, -0.15) is 5.10 Å². The molecule has 2 fully saturated rings. The first-order valence-corrected chi connectivity index (χ1v) is 12.4. The van der Waals surface area contributed by atoms with Crippen LogP contribution in [0.5, 0.6) is 0 Å². The molecule has 1 saturated heterocycles. The minimum absolute atomic E-state index is 0.0274. The zero-order valence-corrected chi connectivity index (χ0v) is 19.4. The molecule has 1 aromatic heterocycles. The van der Waals surface area contributed by atoms with Crippen LogP contribution in [0.25, 0.3) is 16.5 Å². The molecule has 2 aliphatic heterocycles. The van der Waals surface area contributed by atoms with E-state index < -0.39 is 0 Å². The van der Waals surface area contributed by atoms with Gasteiger partial charge in [0, 0.05) is 22.8 Å². The second kappa shape index (κ2) is 6.24. The van der Waals surface area contributed by atoms with Gasteiger partial charge >= 0.3 is 0 Å². The summed E-state index contributed by atoms with van der Waals surface area (Å²) in [5.74, 6) is 0.513. The predicted octanol–water partition coefficient (Wildman–Crippen LogP) is 5.64. The van der Waals surface area contributed by atoms with E-state index in [1.54, 1.807) is 5.57 Å². The van der Waals surface area contributed by atoms with E-state index in [-0.39, 0.29) is 16.6 Å². The van der Waals surface area contributed by atoms with Crippen LogP contribution in [0.1, 0.15) is 57.4 Å². The van der Waals surface area contributed by atoms with E-state index in [0.29, 0.717) is 12.0 Å². The van der Waals surface area contributed by atoms with Crippen molar-refractivity contribution in [2.24, 2.45) is 11.3 Å². The molecule has 3 unspecified atom stereocenters. The lowest BCUT2D eigenvalue weighted by atomic mass is 9.58. The highest BCUT2D eigenvalue weighted by Gasteiger charge is 2.65. The minimum atomic E-state index is -0.110. The normalized spacial score (nSPS) is 39.9. The summed E-state index contributed by atoms with van der Waals surface area (Å²) in [7, 11) is 4.46. The van der Waals surface area contributed by atoms with Crippen LogP contribution in [0, 0.1) is 11.3 Å². The van der Waals surface area contributed by atoms with Gasteiger partial charge in [0.15, 0.2) is 0 Å². The lowest BCUT2D eigenvalue weighted by Gasteiger charge is -2.54. The van der Waals surface area contributed by atoms with Crippen LogP contribution < -0.4 is 0 Å². The van der Waals surface area contributed by atoms with Gasteiger partial charge in [-0.3, -0.25) is 5.10 Å². The molecule has 0 radical (unpaired) electrons. The fourth-order valence-corrected chi connectivity index (χ4v) is 7.96. The number of rotatable bonds is 2. The number of hydrogen-bond donors (Lipinski definition) is 1. The molecule has 7 rings (SSSR count). The van der Waals surface area contributed by atoms with Gasteiger partial charge in [-0.1, -0.05) is 37.3 Å². The molecule has 32 heavy (non-hydrogen) atoms. The molecule has 2 bridgehead atoms. The van der Waals surface area contributed by atoms with Crippen LogP contribution in [0.4, 0.5) is 0 Å². The highest BCUT2D eigenvalue weighted by Crippen LogP contribution is 2.67. The topological polar surface area (TPSA) is 41.2 Å². The van der Waals surface area contributed by atoms with Gasteiger partial charge in [-0.25, -0.2) is 0 Å². The number of H-pyrrole nitrogens is 1. The molecule has 0 amide bonds. The quantitative estimate of drug-likeness (QED) is 0.674. The number of aromatic amines is 1. The van der Waals surface area contributed by atoms with Crippen LogP contribution in [0.3, 0.4) is 0 Å². The molecule has 1 N–H and O–H groups in total. The van der Waals surface area contributed by atoms with Crippen molar-refractivity contribution in [1.82, 2.24) is 15.1 Å². The van der Waals surface area contributed by atoms with E-state index in [1.807, 2.05) is 6.20 Å². The SMILES string of the molecule is CN(C)C1CCC2=CC3=CCC4(C)C(c5ccc6cn[nH]c6c5)=CCC4[C@@]34CC[C@]2(C1)O4. The van der Waals surface area contributed by atoms with Gasteiger partial charge in [0.2, 0.25) is 0 Å². The molecule has 1 saturated carbocycles. The Bertz CT molecular complexity index is 1220. The first-order chi connectivity index (χ1) is 15.4. The Morgan fingerprint density at radius 2 is 2.09 bits per heavy atom. The molecule has 3 aliphatic carbocycles. The van der Waals surface area contributed by atoms with Crippen molar-refractivity contribution in [3.8, 4) is 0 Å². The van der Waals surface area contributed by atoms with E-state index in [1.165, 1.54) is 47.8 Å². The fourth-order valence-electron chi connectivity index (χ4n) is 7.96. The molecular weight excluding hydrogens is 394 g/mol. The highest BCUT2D eigenvalue weighted by atomic mass is 16.5. The lowest BCUT2D eigenvalue weighted by molar-refractivity contribution is -0.134. The van der Waals surface area contributed by atoms with Crippen molar-refractivity contribution in [2.45, 2.75) is 69.1 Å². The monoisotopic (exact) mass is 427 g/mol. The standard InChI is InChI=1S/C28H33N3O/c1-26-11-10-21-15-20-6-7-22(31(2)3)16-27(20)12-13-28(21,32-27)25(26)9-8-23(26)18-4-5-19-17-29-30-24(19)14-18/h4-5,8,10,14-15,17,22,25H,6-7,9,11-13,16H2,1-3H3,(H,29,30)/t22?,25?,26?,27-,28-/m1/s1. The number of allylic oxidation sites excluding steroid dienone is 3. The van der Waals surface area contributed by atoms with Gasteiger partial charge in [0.1, 0.15) is 0 Å². The smallest absolute Gasteiger partial charge is 0.0980 e. The van der Waals surface area contributed by atoms with Crippen molar-refractivity contribution in [2.75, 3.05) is 14.1 Å². The van der Waals surface area contributed by atoms with Crippen LogP contribution in [-0.2, 0) is 4.74 Å². The summed E-state index contributed by atoms with van der Waals surface area (Å²) >= 11 is 0. The average molecular weight is 428 g/mol. The number of aromatic nitrogens is 2. The maximum Gasteiger partial charge on any atom is 0.0980 e. The van der Waals surface area contributed by atoms with Gasteiger partial charge in [0.05, 0.1) is 22.9 Å². The summed E-state index contributed by atoms with van der Waals surface area (Å²) in [4.78, 5) is 2.41. The molecule has 2 aromatic rings. The van der Waals surface area contributed by atoms with Gasteiger partial charge in [0.25, 0.3) is 0 Å². The Labute approximate surface area is 190 Å². The third-order valence-electron chi connectivity index (χ3n) is 9.73. The average Bonchev–Trinajstić information content (AvgIpc) is 3.47. The number of nitrogens with zero attached hydrogens (tertiary/aromatic N) is 2. The number of ether oxygens (including phenoxy) is 1. The Balaban J connectivity index is 1.29. The Morgan fingerprint density at radius 1 is 1.19 bits per heavy atom. The van der Waals surface area contributed by atoms with Crippen LogP contribution in [0.15, 0.2) is 53.8 Å². The molecular formula is C28H33N3O. The third-order valence-corrected chi connectivity index (χ3v) is 9.73. The van der Waals surface area contributed by atoms with E-state index in [2.05, 4.69) is 72.5 Å². The van der Waals surface area contributed by atoms with Crippen molar-refractivity contribution < 1.29 is 4.74 Å². The van der Waals surface area contributed by atoms with Crippen LogP contribution >= 0.6 is 0 Å². The zero-order chi connectivity index (χ0) is 21.7. The lowest BCUT2D eigenvalue weighted by Crippen LogP contribution is -2.54. The summed E-state index contributed by atoms with van der Waals surface area (Å²) in [5, 5.41) is 8.56. The van der Waals surface area contributed by atoms with E-state index >= 15 is 0 Å². The first-order valence-electron chi connectivity index (χ1n) is 12.4. The Morgan fingerprint density at radius 3 is 2.97 bits per heavy atom. The minimum Gasteiger partial charge on any atom is -0.359 e. The first kappa shape index (κ1) is 19.3.